The van der Waals surface area contributed by atoms with Gasteiger partial charge in [-0.25, -0.2) is 13.8 Å². The first kappa shape index (κ1) is 10.3. The lowest BCUT2D eigenvalue weighted by Gasteiger charge is -2.26. The molecule has 5 heteroatoms. The lowest BCUT2D eigenvalue weighted by molar-refractivity contribution is 0.489. The largest absolute Gasteiger partial charge is 0.356 e. The van der Waals surface area contributed by atoms with Gasteiger partial charge in [0.1, 0.15) is 11.6 Å². The molecule has 0 radical (unpaired) electrons. The number of hydrogen-bond donors (Lipinski definition) is 1. The Kier molecular flexibility index (Phi) is 2.31. The fourth-order valence-electron chi connectivity index (χ4n) is 2.24. The smallest absolute Gasteiger partial charge is 0.203 e. The van der Waals surface area contributed by atoms with E-state index in [1.54, 1.807) is 12.4 Å². The molecule has 0 fully saturated rings. The van der Waals surface area contributed by atoms with E-state index in [4.69, 9.17) is 0 Å². The molecule has 1 N–H and O–H groups in total. The summed E-state index contributed by atoms with van der Waals surface area (Å²) in [5.74, 6) is -0.0931. The van der Waals surface area contributed by atoms with Gasteiger partial charge >= 0.3 is 0 Å². The number of nitrogens with one attached hydrogen (secondary N) is 1. The van der Waals surface area contributed by atoms with Crippen LogP contribution in [0.4, 0.5) is 14.7 Å². The first-order valence-corrected chi connectivity index (χ1v) is 5.47. The van der Waals surface area contributed by atoms with E-state index < -0.39 is 5.82 Å². The third-order valence-electron chi connectivity index (χ3n) is 3.02. The molecule has 2 heterocycles. The summed E-state index contributed by atoms with van der Waals surface area (Å²) in [6, 6.07) is 3.37. The second-order valence-electron chi connectivity index (χ2n) is 4.06. The fraction of sp³-hybridized carbons (Fsp3) is 0.250. The number of benzene rings is 1. The summed E-state index contributed by atoms with van der Waals surface area (Å²) in [5, 5.41) is 3.11. The molecule has 0 saturated carbocycles. The molecule has 0 spiro atoms. The Morgan fingerprint density at radius 3 is 3.12 bits per heavy atom. The topological polar surface area (TPSA) is 29.9 Å². The zero-order valence-corrected chi connectivity index (χ0v) is 9.03. The van der Waals surface area contributed by atoms with Crippen LogP contribution >= 0.6 is 0 Å². The number of imidazole rings is 1. The minimum absolute atomic E-state index is 0.190. The second-order valence-corrected chi connectivity index (χ2v) is 4.06. The number of rotatable bonds is 1. The van der Waals surface area contributed by atoms with E-state index in [-0.39, 0.29) is 11.9 Å². The van der Waals surface area contributed by atoms with Crippen molar-refractivity contribution in [3.63, 3.8) is 0 Å². The molecule has 0 amide bonds. The number of aromatic nitrogens is 2. The van der Waals surface area contributed by atoms with Crippen LogP contribution in [0.5, 0.6) is 0 Å². The van der Waals surface area contributed by atoms with Gasteiger partial charge < -0.3 is 9.88 Å². The van der Waals surface area contributed by atoms with Crippen LogP contribution < -0.4 is 5.32 Å². The number of fused-ring (bicyclic) bond motifs is 1. The molecule has 3 rings (SSSR count). The molecule has 0 aliphatic carbocycles. The zero-order valence-electron chi connectivity index (χ0n) is 9.03. The maximum Gasteiger partial charge on any atom is 0.203 e. The van der Waals surface area contributed by atoms with E-state index >= 15 is 0 Å². The van der Waals surface area contributed by atoms with Crippen molar-refractivity contribution in [2.24, 2.45) is 0 Å². The molecule has 2 aromatic rings. The minimum atomic E-state index is -0.415. The van der Waals surface area contributed by atoms with Crippen molar-refractivity contribution in [3.8, 4) is 0 Å². The Morgan fingerprint density at radius 1 is 1.35 bits per heavy atom. The van der Waals surface area contributed by atoms with E-state index in [1.807, 2.05) is 4.57 Å². The van der Waals surface area contributed by atoms with Crippen LogP contribution in [-0.4, -0.2) is 16.1 Å². The summed E-state index contributed by atoms with van der Waals surface area (Å²) in [5.41, 5.74) is 0.380. The average molecular weight is 235 g/mol. The number of hydrogen-bond acceptors (Lipinski definition) is 2. The lowest BCUT2D eigenvalue weighted by atomic mass is 10.0. The van der Waals surface area contributed by atoms with Gasteiger partial charge in [-0.1, -0.05) is 0 Å². The van der Waals surface area contributed by atoms with Crippen LogP contribution in [0.3, 0.4) is 0 Å². The van der Waals surface area contributed by atoms with Gasteiger partial charge in [0.25, 0.3) is 0 Å². The quantitative estimate of drug-likeness (QED) is 0.823. The number of anilines is 1. The van der Waals surface area contributed by atoms with Crippen LogP contribution in [-0.2, 0) is 0 Å². The summed E-state index contributed by atoms with van der Waals surface area (Å²) < 4.78 is 28.8. The summed E-state index contributed by atoms with van der Waals surface area (Å²) in [6.07, 6.45) is 4.14. The molecule has 0 bridgehead atoms. The van der Waals surface area contributed by atoms with Gasteiger partial charge in [0.2, 0.25) is 5.95 Å². The van der Waals surface area contributed by atoms with Crippen LogP contribution in [0.25, 0.3) is 0 Å². The molecule has 1 unspecified atom stereocenters. The van der Waals surface area contributed by atoms with Gasteiger partial charge in [0.15, 0.2) is 0 Å². The van der Waals surface area contributed by atoms with Crippen LogP contribution in [0.1, 0.15) is 18.0 Å². The fourth-order valence-corrected chi connectivity index (χ4v) is 2.24. The van der Waals surface area contributed by atoms with Gasteiger partial charge in [-0.3, -0.25) is 0 Å². The SMILES string of the molecule is Fc1ccc(F)c(C2CCNc3nccn32)c1. The van der Waals surface area contributed by atoms with Gasteiger partial charge in [0, 0.05) is 24.5 Å². The minimum Gasteiger partial charge on any atom is -0.356 e. The molecular formula is C12H11F2N3. The van der Waals surface area contributed by atoms with Crippen LogP contribution in [0.15, 0.2) is 30.6 Å². The van der Waals surface area contributed by atoms with E-state index in [0.717, 1.165) is 6.07 Å². The molecule has 1 aliphatic rings. The highest BCUT2D eigenvalue weighted by Crippen LogP contribution is 2.30. The third-order valence-corrected chi connectivity index (χ3v) is 3.02. The number of halogens is 2. The molecule has 1 aromatic heterocycles. The van der Waals surface area contributed by atoms with Crippen molar-refractivity contribution < 1.29 is 8.78 Å². The molecule has 88 valence electrons. The highest BCUT2D eigenvalue weighted by molar-refractivity contribution is 5.34. The van der Waals surface area contributed by atoms with Gasteiger partial charge in [0.05, 0.1) is 6.04 Å². The summed E-state index contributed by atoms with van der Waals surface area (Å²) >= 11 is 0. The molecule has 17 heavy (non-hydrogen) atoms. The summed E-state index contributed by atoms with van der Waals surface area (Å²) in [4.78, 5) is 4.12. The van der Waals surface area contributed by atoms with Crippen LogP contribution in [0, 0.1) is 11.6 Å². The predicted molar refractivity (Wildman–Crippen MR) is 59.8 cm³/mol. The van der Waals surface area contributed by atoms with Crippen LogP contribution in [0.2, 0.25) is 0 Å². The highest BCUT2D eigenvalue weighted by Gasteiger charge is 2.23. The highest BCUT2D eigenvalue weighted by atomic mass is 19.1. The van der Waals surface area contributed by atoms with Crippen molar-refractivity contribution in [2.45, 2.75) is 12.5 Å². The molecule has 3 nitrogen and oxygen atoms in total. The second kappa shape index (κ2) is 3.84. The third kappa shape index (κ3) is 1.67. The number of nitrogens with zero attached hydrogens (tertiary/aromatic N) is 2. The van der Waals surface area contributed by atoms with Crippen molar-refractivity contribution in [3.05, 3.63) is 47.8 Å². The summed E-state index contributed by atoms with van der Waals surface area (Å²) in [7, 11) is 0. The van der Waals surface area contributed by atoms with Crippen molar-refractivity contribution in [2.75, 3.05) is 11.9 Å². The van der Waals surface area contributed by atoms with Gasteiger partial charge in [-0.05, 0) is 24.6 Å². The maximum atomic E-state index is 13.7. The van der Waals surface area contributed by atoms with E-state index in [0.29, 0.717) is 24.5 Å². The summed E-state index contributed by atoms with van der Waals surface area (Å²) in [6.45, 7) is 0.706. The van der Waals surface area contributed by atoms with Crippen molar-refractivity contribution in [1.82, 2.24) is 9.55 Å². The molecule has 1 aromatic carbocycles. The van der Waals surface area contributed by atoms with E-state index in [1.165, 1.54) is 12.1 Å². The molecule has 0 saturated heterocycles. The normalized spacial score (nSPS) is 18.6. The Balaban J connectivity index is 2.09. The monoisotopic (exact) mass is 235 g/mol. The maximum absolute atomic E-state index is 13.7. The zero-order chi connectivity index (χ0) is 11.8. The molecule has 1 aliphatic heterocycles. The average Bonchev–Trinajstić information content (AvgIpc) is 2.80. The van der Waals surface area contributed by atoms with E-state index in [2.05, 4.69) is 10.3 Å². The molecule has 1 atom stereocenters. The Hall–Kier alpha value is -1.91. The van der Waals surface area contributed by atoms with Crippen molar-refractivity contribution in [1.29, 1.82) is 0 Å². The Labute approximate surface area is 97.1 Å². The first-order chi connectivity index (χ1) is 8.25. The first-order valence-electron chi connectivity index (χ1n) is 5.47. The van der Waals surface area contributed by atoms with Gasteiger partial charge in [-0.2, -0.15) is 0 Å². The van der Waals surface area contributed by atoms with Gasteiger partial charge in [-0.15, -0.1) is 0 Å². The standard InChI is InChI=1S/C12H11F2N3/c13-8-1-2-10(14)9(7-8)11-3-4-15-12-16-5-6-17(11)12/h1-2,5-7,11H,3-4H2,(H,15,16). The predicted octanol–water partition coefficient (Wildman–Crippen LogP) is 2.57. The Morgan fingerprint density at radius 2 is 2.24 bits per heavy atom. The lowest BCUT2D eigenvalue weighted by Crippen LogP contribution is -2.24. The molecular weight excluding hydrogens is 224 g/mol. The Bertz CT molecular complexity index is 550. The van der Waals surface area contributed by atoms with E-state index in [9.17, 15) is 8.78 Å². The van der Waals surface area contributed by atoms with Crippen molar-refractivity contribution >= 4 is 5.95 Å².